The maximum Gasteiger partial charge on any atom is 0.158 e. The van der Waals surface area contributed by atoms with Gasteiger partial charge < -0.3 is 15.4 Å². The predicted molar refractivity (Wildman–Crippen MR) is 84.1 cm³/mol. The van der Waals surface area contributed by atoms with Gasteiger partial charge in [0.15, 0.2) is 5.82 Å². The molecular formula is C15H28N4O. The average molecular weight is 280 g/mol. The van der Waals surface area contributed by atoms with Crippen molar-refractivity contribution in [2.24, 2.45) is 5.92 Å². The quantitative estimate of drug-likeness (QED) is 0.644. The molecule has 114 valence electrons. The molecule has 20 heavy (non-hydrogen) atoms. The van der Waals surface area contributed by atoms with Gasteiger partial charge in [-0.1, -0.05) is 26.7 Å². The molecule has 0 saturated heterocycles. The van der Waals surface area contributed by atoms with E-state index in [0.29, 0.717) is 12.4 Å². The van der Waals surface area contributed by atoms with Crippen LogP contribution >= 0.6 is 0 Å². The Bertz CT molecular complexity index is 358. The summed E-state index contributed by atoms with van der Waals surface area (Å²) in [7, 11) is 1.66. The van der Waals surface area contributed by atoms with Crippen molar-refractivity contribution in [3.63, 3.8) is 0 Å². The zero-order chi connectivity index (χ0) is 14.8. The molecule has 0 atom stereocenters. The van der Waals surface area contributed by atoms with Crippen molar-refractivity contribution in [2.75, 3.05) is 30.8 Å². The minimum Gasteiger partial charge on any atom is -0.377 e. The molecule has 0 spiro atoms. The lowest BCUT2D eigenvalue weighted by molar-refractivity contribution is 0.178. The molecule has 0 bridgehead atoms. The van der Waals surface area contributed by atoms with Crippen molar-refractivity contribution >= 4 is 11.6 Å². The normalized spacial score (nSPS) is 10.8. The van der Waals surface area contributed by atoms with Gasteiger partial charge in [0.25, 0.3) is 0 Å². The number of unbranched alkanes of at least 4 members (excludes halogenated alkanes) is 1. The number of anilines is 2. The van der Waals surface area contributed by atoms with E-state index < -0.39 is 0 Å². The minimum absolute atomic E-state index is 0.432. The molecule has 1 aromatic heterocycles. The van der Waals surface area contributed by atoms with Crippen LogP contribution in [0.2, 0.25) is 0 Å². The van der Waals surface area contributed by atoms with Crippen LogP contribution in [0, 0.1) is 5.92 Å². The van der Waals surface area contributed by atoms with Crippen LogP contribution in [0.5, 0.6) is 0 Å². The third-order valence-corrected chi connectivity index (χ3v) is 2.92. The molecule has 0 aromatic carbocycles. The highest BCUT2D eigenvalue weighted by Crippen LogP contribution is 2.13. The van der Waals surface area contributed by atoms with Gasteiger partial charge in [-0.15, -0.1) is 0 Å². The smallest absolute Gasteiger partial charge is 0.158 e. The number of aromatic nitrogens is 2. The molecule has 0 aliphatic carbocycles. The topological polar surface area (TPSA) is 59.1 Å². The van der Waals surface area contributed by atoms with Gasteiger partial charge in [0.2, 0.25) is 0 Å². The Morgan fingerprint density at radius 2 is 1.85 bits per heavy atom. The Morgan fingerprint density at radius 3 is 2.45 bits per heavy atom. The van der Waals surface area contributed by atoms with Crippen molar-refractivity contribution in [1.29, 1.82) is 0 Å². The van der Waals surface area contributed by atoms with Crippen molar-refractivity contribution in [2.45, 2.75) is 46.6 Å². The minimum atomic E-state index is 0.432. The van der Waals surface area contributed by atoms with E-state index in [0.717, 1.165) is 30.6 Å². The van der Waals surface area contributed by atoms with Crippen LogP contribution in [0.4, 0.5) is 11.6 Å². The number of nitrogens with zero attached hydrogens (tertiary/aromatic N) is 2. The van der Waals surface area contributed by atoms with Crippen molar-refractivity contribution in [3.8, 4) is 0 Å². The fraction of sp³-hybridized carbons (Fsp3) is 0.733. The molecule has 1 aromatic rings. The van der Waals surface area contributed by atoms with Gasteiger partial charge in [-0.2, -0.15) is 0 Å². The van der Waals surface area contributed by atoms with Gasteiger partial charge in [0.05, 0.1) is 0 Å². The fourth-order valence-corrected chi connectivity index (χ4v) is 1.95. The third kappa shape index (κ3) is 6.70. The summed E-state index contributed by atoms with van der Waals surface area (Å²) in [5.41, 5.74) is 0. The Hall–Kier alpha value is -1.36. The van der Waals surface area contributed by atoms with E-state index in [4.69, 9.17) is 4.74 Å². The zero-order valence-electron chi connectivity index (χ0n) is 13.2. The summed E-state index contributed by atoms with van der Waals surface area (Å²) >= 11 is 0. The van der Waals surface area contributed by atoms with Crippen LogP contribution in [0.25, 0.3) is 0 Å². The molecule has 0 aliphatic heterocycles. The van der Waals surface area contributed by atoms with E-state index in [2.05, 4.69) is 41.4 Å². The molecule has 5 nitrogen and oxygen atoms in total. The zero-order valence-corrected chi connectivity index (χ0v) is 13.2. The van der Waals surface area contributed by atoms with Crippen molar-refractivity contribution < 1.29 is 4.74 Å². The van der Waals surface area contributed by atoms with Crippen LogP contribution < -0.4 is 10.6 Å². The molecule has 0 radical (unpaired) electrons. The summed E-state index contributed by atoms with van der Waals surface area (Å²) in [6.07, 6.45) is 3.70. The first-order chi connectivity index (χ1) is 9.65. The SMILES string of the molecule is CCNc1cc(NCCCCC(C)C)nc(COC)n1. The number of rotatable bonds is 10. The Kier molecular flexibility index (Phi) is 7.95. The Balaban J connectivity index is 2.50. The van der Waals surface area contributed by atoms with Gasteiger partial charge in [-0.25, -0.2) is 9.97 Å². The monoisotopic (exact) mass is 280 g/mol. The van der Waals surface area contributed by atoms with E-state index in [1.165, 1.54) is 19.3 Å². The van der Waals surface area contributed by atoms with Gasteiger partial charge >= 0.3 is 0 Å². The first-order valence-electron chi connectivity index (χ1n) is 7.50. The average Bonchev–Trinajstić information content (AvgIpc) is 2.38. The highest BCUT2D eigenvalue weighted by Gasteiger charge is 2.04. The summed E-state index contributed by atoms with van der Waals surface area (Å²) < 4.78 is 5.10. The van der Waals surface area contributed by atoms with Crippen LogP contribution in [0.15, 0.2) is 6.07 Å². The molecule has 0 fully saturated rings. The van der Waals surface area contributed by atoms with E-state index in [-0.39, 0.29) is 0 Å². The Labute approximate surface area is 122 Å². The summed E-state index contributed by atoms with van der Waals surface area (Å²) in [5.74, 6) is 3.20. The highest BCUT2D eigenvalue weighted by molar-refractivity contribution is 5.47. The molecule has 1 heterocycles. The van der Waals surface area contributed by atoms with Crippen LogP contribution in [-0.2, 0) is 11.3 Å². The van der Waals surface area contributed by atoms with Gasteiger partial charge in [0.1, 0.15) is 18.2 Å². The summed E-state index contributed by atoms with van der Waals surface area (Å²) in [4.78, 5) is 8.84. The number of nitrogens with one attached hydrogen (secondary N) is 2. The lowest BCUT2D eigenvalue weighted by Gasteiger charge is -2.10. The third-order valence-electron chi connectivity index (χ3n) is 2.92. The van der Waals surface area contributed by atoms with E-state index in [1.807, 2.05) is 6.07 Å². The molecule has 0 aliphatic rings. The lowest BCUT2D eigenvalue weighted by Crippen LogP contribution is -2.09. The van der Waals surface area contributed by atoms with Gasteiger partial charge in [-0.3, -0.25) is 0 Å². The van der Waals surface area contributed by atoms with E-state index in [1.54, 1.807) is 7.11 Å². The molecule has 0 amide bonds. The first-order valence-corrected chi connectivity index (χ1v) is 7.50. The number of ether oxygens (including phenoxy) is 1. The second-order valence-electron chi connectivity index (χ2n) is 5.33. The van der Waals surface area contributed by atoms with Crippen molar-refractivity contribution in [3.05, 3.63) is 11.9 Å². The maximum atomic E-state index is 5.10. The van der Waals surface area contributed by atoms with Gasteiger partial charge in [0, 0.05) is 26.3 Å². The summed E-state index contributed by atoms with van der Waals surface area (Å²) in [5, 5.41) is 6.59. The molecular weight excluding hydrogens is 252 g/mol. The largest absolute Gasteiger partial charge is 0.377 e. The molecule has 0 saturated carbocycles. The highest BCUT2D eigenvalue weighted by atomic mass is 16.5. The molecule has 0 unspecified atom stereocenters. The van der Waals surface area contributed by atoms with Crippen molar-refractivity contribution in [1.82, 2.24) is 9.97 Å². The fourth-order valence-electron chi connectivity index (χ4n) is 1.95. The summed E-state index contributed by atoms with van der Waals surface area (Å²) in [6, 6.07) is 1.95. The molecule has 5 heteroatoms. The number of hydrogen-bond acceptors (Lipinski definition) is 5. The van der Waals surface area contributed by atoms with Gasteiger partial charge in [-0.05, 0) is 19.3 Å². The Morgan fingerprint density at radius 1 is 1.15 bits per heavy atom. The standard InChI is InChI=1S/C15H28N4O/c1-5-16-13-10-14(19-15(18-13)11-20-4)17-9-7-6-8-12(2)3/h10,12H,5-9,11H2,1-4H3,(H2,16,17,18,19). The van der Waals surface area contributed by atoms with Crippen LogP contribution in [0.1, 0.15) is 45.9 Å². The first kappa shape index (κ1) is 16.7. The summed E-state index contributed by atoms with van der Waals surface area (Å²) in [6.45, 7) is 8.80. The second kappa shape index (κ2) is 9.53. The number of methoxy groups -OCH3 is 1. The number of hydrogen-bond donors (Lipinski definition) is 2. The predicted octanol–water partition coefficient (Wildman–Crippen LogP) is 3.29. The lowest BCUT2D eigenvalue weighted by atomic mass is 10.1. The molecule has 1 rings (SSSR count). The van der Waals surface area contributed by atoms with Crippen LogP contribution in [0.3, 0.4) is 0 Å². The second-order valence-corrected chi connectivity index (χ2v) is 5.33. The van der Waals surface area contributed by atoms with E-state index in [9.17, 15) is 0 Å². The molecule has 2 N–H and O–H groups in total. The maximum absolute atomic E-state index is 5.10. The van der Waals surface area contributed by atoms with E-state index >= 15 is 0 Å². The van der Waals surface area contributed by atoms with Crippen LogP contribution in [-0.4, -0.2) is 30.2 Å².